The predicted octanol–water partition coefficient (Wildman–Crippen LogP) is 3.66. The summed E-state index contributed by atoms with van der Waals surface area (Å²) in [7, 11) is 0. The maximum atomic E-state index is 13.0. The third-order valence-electron chi connectivity index (χ3n) is 2.64. The summed E-state index contributed by atoms with van der Waals surface area (Å²) in [5, 5.41) is 9.89. The zero-order chi connectivity index (χ0) is 13.7. The molecule has 0 radical (unpaired) electrons. The van der Waals surface area contributed by atoms with Crippen molar-refractivity contribution in [3.8, 4) is 0 Å². The number of halogens is 2. The molecule has 4 heteroatoms. The first-order chi connectivity index (χ1) is 9.15. The van der Waals surface area contributed by atoms with E-state index in [1.54, 1.807) is 0 Å². The van der Waals surface area contributed by atoms with Crippen molar-refractivity contribution in [3.63, 3.8) is 0 Å². The lowest BCUT2D eigenvalue weighted by molar-refractivity contribution is 0.200. The molecule has 1 unspecified atom stereocenters. The molecule has 2 aromatic carbocycles. The second-order valence-electron chi connectivity index (χ2n) is 4.23. The van der Waals surface area contributed by atoms with Crippen LogP contribution in [0.5, 0.6) is 0 Å². The van der Waals surface area contributed by atoms with Gasteiger partial charge in [-0.3, -0.25) is 0 Å². The fraction of sp³-hybridized carbons (Fsp3) is 0.200. The summed E-state index contributed by atoms with van der Waals surface area (Å²) in [6.07, 6.45) is -0.271. The molecule has 2 rings (SSSR count). The number of hydrogen-bond donors (Lipinski definition) is 1. The molecule has 1 N–H and O–H groups in total. The lowest BCUT2D eigenvalue weighted by atomic mass is 10.1. The van der Waals surface area contributed by atoms with E-state index in [1.807, 2.05) is 30.3 Å². The van der Waals surface area contributed by atoms with Crippen LogP contribution in [-0.2, 0) is 6.42 Å². The molecule has 0 heterocycles. The van der Waals surface area contributed by atoms with Crippen molar-refractivity contribution >= 4 is 11.8 Å². The first kappa shape index (κ1) is 14.0. The second-order valence-corrected chi connectivity index (χ2v) is 5.32. The number of thioether (sulfide) groups is 1. The molecule has 0 aliphatic rings. The first-order valence-electron chi connectivity index (χ1n) is 5.95. The van der Waals surface area contributed by atoms with Crippen molar-refractivity contribution < 1.29 is 13.9 Å². The van der Waals surface area contributed by atoms with E-state index in [0.29, 0.717) is 17.7 Å². The normalized spacial score (nSPS) is 12.4. The number of aliphatic hydroxyl groups excluding tert-OH is 1. The van der Waals surface area contributed by atoms with E-state index >= 15 is 0 Å². The van der Waals surface area contributed by atoms with Gasteiger partial charge in [0.25, 0.3) is 0 Å². The summed E-state index contributed by atoms with van der Waals surface area (Å²) < 4.78 is 25.8. The van der Waals surface area contributed by atoms with Crippen molar-refractivity contribution in [1.82, 2.24) is 0 Å². The molecule has 0 aliphatic heterocycles. The largest absolute Gasteiger partial charge is 0.392 e. The highest BCUT2D eigenvalue weighted by molar-refractivity contribution is 7.99. The Labute approximate surface area is 115 Å². The fourth-order valence-electron chi connectivity index (χ4n) is 1.71. The maximum Gasteiger partial charge on any atom is 0.159 e. The monoisotopic (exact) mass is 280 g/mol. The zero-order valence-corrected chi connectivity index (χ0v) is 11.0. The van der Waals surface area contributed by atoms with E-state index in [4.69, 9.17) is 0 Å². The molecule has 0 saturated heterocycles. The van der Waals surface area contributed by atoms with E-state index < -0.39 is 17.7 Å². The molecule has 100 valence electrons. The van der Waals surface area contributed by atoms with E-state index in [-0.39, 0.29) is 0 Å². The molecule has 0 amide bonds. The van der Waals surface area contributed by atoms with Gasteiger partial charge in [-0.2, -0.15) is 0 Å². The molecular weight excluding hydrogens is 266 g/mol. The molecule has 0 saturated carbocycles. The number of aliphatic hydroxyl groups is 1. The van der Waals surface area contributed by atoms with Gasteiger partial charge in [-0.05, 0) is 36.2 Å². The number of rotatable bonds is 5. The Bertz CT molecular complexity index is 531. The topological polar surface area (TPSA) is 20.2 Å². The third-order valence-corrected chi connectivity index (χ3v) is 3.80. The van der Waals surface area contributed by atoms with Gasteiger partial charge in [0.05, 0.1) is 6.10 Å². The van der Waals surface area contributed by atoms with Gasteiger partial charge in [0.15, 0.2) is 11.6 Å². The van der Waals surface area contributed by atoms with Crippen LogP contribution in [0.4, 0.5) is 8.78 Å². The SMILES string of the molecule is OC(CSc1ccccc1)Cc1ccc(F)c(F)c1. The number of benzene rings is 2. The Morgan fingerprint density at radius 1 is 1.00 bits per heavy atom. The summed E-state index contributed by atoms with van der Waals surface area (Å²) >= 11 is 1.54. The van der Waals surface area contributed by atoms with Gasteiger partial charge in [0.2, 0.25) is 0 Å². The molecule has 2 aromatic rings. The average molecular weight is 280 g/mol. The van der Waals surface area contributed by atoms with E-state index in [1.165, 1.54) is 17.8 Å². The summed E-state index contributed by atoms with van der Waals surface area (Å²) in [6.45, 7) is 0. The molecule has 0 fully saturated rings. The van der Waals surface area contributed by atoms with Crippen LogP contribution in [0.15, 0.2) is 53.4 Å². The number of hydrogen-bond acceptors (Lipinski definition) is 2. The van der Waals surface area contributed by atoms with Crippen LogP contribution in [0.3, 0.4) is 0 Å². The minimum atomic E-state index is -0.875. The van der Waals surface area contributed by atoms with Gasteiger partial charge in [-0.1, -0.05) is 24.3 Å². The van der Waals surface area contributed by atoms with Gasteiger partial charge >= 0.3 is 0 Å². The maximum absolute atomic E-state index is 13.0. The summed E-state index contributed by atoms with van der Waals surface area (Å²) in [6, 6.07) is 13.4. The fourth-order valence-corrected chi connectivity index (χ4v) is 2.56. The van der Waals surface area contributed by atoms with Crippen LogP contribution in [-0.4, -0.2) is 17.0 Å². The van der Waals surface area contributed by atoms with Crippen molar-refractivity contribution in [2.45, 2.75) is 17.4 Å². The van der Waals surface area contributed by atoms with Crippen LogP contribution in [0.1, 0.15) is 5.56 Å². The van der Waals surface area contributed by atoms with Gasteiger partial charge in [0, 0.05) is 10.6 Å². The third kappa shape index (κ3) is 4.33. The smallest absolute Gasteiger partial charge is 0.159 e. The molecule has 1 nitrogen and oxygen atoms in total. The van der Waals surface area contributed by atoms with Crippen LogP contribution in [0.2, 0.25) is 0 Å². The zero-order valence-electron chi connectivity index (χ0n) is 10.2. The van der Waals surface area contributed by atoms with Crippen LogP contribution in [0.25, 0.3) is 0 Å². The Morgan fingerprint density at radius 2 is 1.74 bits per heavy atom. The molecule has 0 aromatic heterocycles. The molecule has 1 atom stereocenters. The summed E-state index contributed by atoms with van der Waals surface area (Å²) in [5.74, 6) is -1.22. The van der Waals surface area contributed by atoms with E-state index in [9.17, 15) is 13.9 Å². The van der Waals surface area contributed by atoms with Gasteiger partial charge in [0.1, 0.15) is 0 Å². The van der Waals surface area contributed by atoms with E-state index in [2.05, 4.69) is 0 Å². The van der Waals surface area contributed by atoms with E-state index in [0.717, 1.165) is 17.0 Å². The lowest BCUT2D eigenvalue weighted by Gasteiger charge is -2.10. The highest BCUT2D eigenvalue weighted by Crippen LogP contribution is 2.19. The Kier molecular flexibility index (Phi) is 4.93. The Hall–Kier alpha value is -1.39. The standard InChI is InChI=1S/C15H14F2OS/c16-14-7-6-11(9-15(14)17)8-12(18)10-19-13-4-2-1-3-5-13/h1-7,9,12,18H,8,10H2. The van der Waals surface area contributed by atoms with Crippen LogP contribution in [0, 0.1) is 11.6 Å². The van der Waals surface area contributed by atoms with Gasteiger partial charge in [-0.15, -0.1) is 11.8 Å². The van der Waals surface area contributed by atoms with Crippen molar-refractivity contribution in [1.29, 1.82) is 0 Å². The minimum Gasteiger partial charge on any atom is -0.392 e. The quantitative estimate of drug-likeness (QED) is 0.843. The molecule has 0 bridgehead atoms. The predicted molar refractivity (Wildman–Crippen MR) is 73.2 cm³/mol. The first-order valence-corrected chi connectivity index (χ1v) is 6.93. The van der Waals surface area contributed by atoms with Crippen LogP contribution >= 0.6 is 11.8 Å². The van der Waals surface area contributed by atoms with Crippen molar-refractivity contribution in [2.75, 3.05) is 5.75 Å². The Morgan fingerprint density at radius 3 is 2.42 bits per heavy atom. The van der Waals surface area contributed by atoms with Crippen molar-refractivity contribution in [3.05, 3.63) is 65.7 Å². The Balaban J connectivity index is 1.87. The molecule has 0 aliphatic carbocycles. The highest BCUT2D eigenvalue weighted by Gasteiger charge is 2.09. The molecule has 0 spiro atoms. The lowest BCUT2D eigenvalue weighted by Crippen LogP contribution is -2.13. The summed E-state index contributed by atoms with van der Waals surface area (Å²) in [4.78, 5) is 1.08. The highest BCUT2D eigenvalue weighted by atomic mass is 32.2. The average Bonchev–Trinajstić information content (AvgIpc) is 2.42. The second kappa shape index (κ2) is 6.68. The molecular formula is C15H14F2OS. The van der Waals surface area contributed by atoms with Gasteiger partial charge in [-0.25, -0.2) is 8.78 Å². The van der Waals surface area contributed by atoms with Crippen LogP contribution < -0.4 is 0 Å². The molecule has 19 heavy (non-hydrogen) atoms. The minimum absolute atomic E-state index is 0.317. The van der Waals surface area contributed by atoms with Gasteiger partial charge < -0.3 is 5.11 Å². The summed E-state index contributed by atoms with van der Waals surface area (Å²) in [5.41, 5.74) is 0.597. The van der Waals surface area contributed by atoms with Crippen molar-refractivity contribution in [2.24, 2.45) is 0 Å².